The second-order valence-corrected chi connectivity index (χ2v) is 8.00. The minimum absolute atomic E-state index is 0.173. The van der Waals surface area contributed by atoms with Gasteiger partial charge in [0.2, 0.25) is 5.78 Å². The van der Waals surface area contributed by atoms with Crippen molar-refractivity contribution < 1.29 is 18.7 Å². The van der Waals surface area contributed by atoms with Crippen LogP contribution in [0.15, 0.2) is 85.2 Å². The summed E-state index contributed by atoms with van der Waals surface area (Å²) in [6.07, 6.45) is 3.25. The maximum Gasteiger partial charge on any atom is 0.218 e. The maximum atomic E-state index is 13.5. The predicted octanol–water partition coefficient (Wildman–Crippen LogP) is 4.57. The zero-order valence-electron chi connectivity index (χ0n) is 19.6. The number of rotatable bonds is 8. The molecule has 0 atom stereocenters. The summed E-state index contributed by atoms with van der Waals surface area (Å²) in [7, 11) is 3.15. The monoisotopic (exact) mass is 483 g/mol. The number of ketones is 1. The molecular weight excluding hydrogens is 461 g/mol. The average molecular weight is 484 g/mol. The molecule has 0 radical (unpaired) electrons. The second-order valence-electron chi connectivity index (χ2n) is 8.00. The van der Waals surface area contributed by atoms with Crippen LogP contribution in [0.5, 0.6) is 11.5 Å². The van der Waals surface area contributed by atoms with Crippen molar-refractivity contribution in [1.29, 1.82) is 0 Å². The van der Waals surface area contributed by atoms with Gasteiger partial charge in [-0.15, -0.1) is 5.10 Å². The SMILES string of the molecule is COc1ccc(Cn2cc(C(=O)c3cn(-c4ccccc4)nc3-c3ccc(F)cc3)nn2)cc1OC. The van der Waals surface area contributed by atoms with Gasteiger partial charge >= 0.3 is 0 Å². The summed E-state index contributed by atoms with van der Waals surface area (Å²) in [4.78, 5) is 13.5. The standard InChI is InChI=1S/C27H22FN5O3/c1-35-24-13-8-18(14-25(24)36-2)15-32-17-23(29-31-32)27(34)22-16-33(21-6-4-3-5-7-21)30-26(22)19-9-11-20(28)12-10-19/h3-14,16-17H,15H2,1-2H3. The fourth-order valence-electron chi connectivity index (χ4n) is 3.86. The third-order valence-electron chi connectivity index (χ3n) is 5.66. The summed E-state index contributed by atoms with van der Waals surface area (Å²) < 4.78 is 27.4. The van der Waals surface area contributed by atoms with Crippen LogP contribution in [-0.2, 0) is 6.54 Å². The third kappa shape index (κ3) is 4.58. The molecule has 0 unspecified atom stereocenters. The summed E-state index contributed by atoms with van der Waals surface area (Å²) in [5, 5.41) is 12.9. The van der Waals surface area contributed by atoms with Gasteiger partial charge in [-0.2, -0.15) is 5.10 Å². The van der Waals surface area contributed by atoms with E-state index in [4.69, 9.17) is 9.47 Å². The van der Waals surface area contributed by atoms with Crippen molar-refractivity contribution in [3.05, 3.63) is 108 Å². The Kier molecular flexibility index (Phi) is 6.27. The number of hydrogen-bond donors (Lipinski definition) is 0. The van der Waals surface area contributed by atoms with Crippen LogP contribution in [0, 0.1) is 5.82 Å². The number of para-hydroxylation sites is 1. The minimum Gasteiger partial charge on any atom is -0.493 e. The van der Waals surface area contributed by atoms with Crippen LogP contribution in [-0.4, -0.2) is 44.8 Å². The van der Waals surface area contributed by atoms with Crippen LogP contribution in [0.2, 0.25) is 0 Å². The third-order valence-corrected chi connectivity index (χ3v) is 5.66. The van der Waals surface area contributed by atoms with Gasteiger partial charge in [0, 0.05) is 11.8 Å². The van der Waals surface area contributed by atoms with Crippen molar-refractivity contribution in [3.8, 4) is 28.4 Å². The molecule has 5 aromatic rings. The molecule has 0 spiro atoms. The summed E-state index contributed by atoms with van der Waals surface area (Å²) in [5.41, 5.74) is 3.25. The molecule has 0 bridgehead atoms. The van der Waals surface area contributed by atoms with E-state index in [0.29, 0.717) is 34.9 Å². The van der Waals surface area contributed by atoms with E-state index < -0.39 is 0 Å². The smallest absolute Gasteiger partial charge is 0.218 e. The van der Waals surface area contributed by atoms with Crippen molar-refractivity contribution in [2.24, 2.45) is 0 Å². The zero-order valence-corrected chi connectivity index (χ0v) is 19.6. The van der Waals surface area contributed by atoms with Gasteiger partial charge in [-0.05, 0) is 54.1 Å². The number of carbonyl (C=O) groups is 1. The van der Waals surface area contributed by atoms with E-state index in [2.05, 4.69) is 15.4 Å². The average Bonchev–Trinajstić information content (AvgIpc) is 3.57. The molecule has 0 saturated carbocycles. The van der Waals surface area contributed by atoms with Crippen molar-refractivity contribution in [2.75, 3.05) is 14.2 Å². The Morgan fingerprint density at radius 3 is 2.39 bits per heavy atom. The molecule has 0 aliphatic carbocycles. The minimum atomic E-state index is -0.368. The summed E-state index contributed by atoms with van der Waals surface area (Å²) in [5.74, 6) is 0.519. The molecule has 5 rings (SSSR count). The molecule has 8 nitrogen and oxygen atoms in total. The predicted molar refractivity (Wildman–Crippen MR) is 131 cm³/mol. The van der Waals surface area contributed by atoms with E-state index in [-0.39, 0.29) is 17.3 Å². The fraction of sp³-hybridized carbons (Fsp3) is 0.111. The summed E-state index contributed by atoms with van der Waals surface area (Å²) >= 11 is 0. The van der Waals surface area contributed by atoms with Crippen molar-refractivity contribution in [3.63, 3.8) is 0 Å². The van der Waals surface area contributed by atoms with E-state index in [0.717, 1.165) is 11.3 Å². The zero-order chi connectivity index (χ0) is 25.1. The van der Waals surface area contributed by atoms with Gasteiger partial charge in [0.05, 0.1) is 38.2 Å². The van der Waals surface area contributed by atoms with E-state index >= 15 is 0 Å². The summed E-state index contributed by atoms with van der Waals surface area (Å²) in [6, 6.07) is 20.8. The molecule has 2 aromatic heterocycles. The lowest BCUT2D eigenvalue weighted by Gasteiger charge is -2.09. The van der Waals surface area contributed by atoms with E-state index in [1.165, 1.54) is 12.1 Å². The highest BCUT2D eigenvalue weighted by Crippen LogP contribution is 2.28. The van der Waals surface area contributed by atoms with Gasteiger partial charge in [-0.3, -0.25) is 4.79 Å². The van der Waals surface area contributed by atoms with Gasteiger partial charge in [-0.1, -0.05) is 29.5 Å². The first-order valence-corrected chi connectivity index (χ1v) is 11.1. The Hall–Kier alpha value is -4.79. The molecule has 36 heavy (non-hydrogen) atoms. The van der Waals surface area contributed by atoms with E-state index in [1.54, 1.807) is 48.1 Å². The lowest BCUT2D eigenvalue weighted by molar-refractivity contribution is 0.103. The van der Waals surface area contributed by atoms with Crippen molar-refractivity contribution >= 4 is 5.78 Å². The van der Waals surface area contributed by atoms with Crippen LogP contribution in [0.4, 0.5) is 4.39 Å². The van der Waals surface area contributed by atoms with Crippen LogP contribution >= 0.6 is 0 Å². The molecule has 0 saturated heterocycles. The number of nitrogens with zero attached hydrogens (tertiary/aromatic N) is 5. The molecule has 0 amide bonds. The Morgan fingerprint density at radius 2 is 1.67 bits per heavy atom. The Balaban J connectivity index is 1.47. The molecule has 0 fully saturated rings. The van der Waals surface area contributed by atoms with Crippen LogP contribution in [0.1, 0.15) is 21.6 Å². The number of halogens is 1. The first-order valence-electron chi connectivity index (χ1n) is 11.1. The molecule has 3 aromatic carbocycles. The van der Waals surface area contributed by atoms with Crippen LogP contribution < -0.4 is 9.47 Å². The van der Waals surface area contributed by atoms with Gasteiger partial charge in [0.15, 0.2) is 17.2 Å². The lowest BCUT2D eigenvalue weighted by Crippen LogP contribution is -2.03. The van der Waals surface area contributed by atoms with Crippen LogP contribution in [0.3, 0.4) is 0 Å². The summed E-state index contributed by atoms with van der Waals surface area (Å²) in [6.45, 7) is 0.384. The van der Waals surface area contributed by atoms with Gasteiger partial charge in [0.1, 0.15) is 11.5 Å². The highest BCUT2D eigenvalue weighted by Gasteiger charge is 2.22. The lowest BCUT2D eigenvalue weighted by atomic mass is 10.0. The number of hydrogen-bond acceptors (Lipinski definition) is 6. The van der Waals surface area contributed by atoms with Gasteiger partial charge < -0.3 is 9.47 Å². The first-order chi connectivity index (χ1) is 17.6. The molecule has 9 heteroatoms. The Bertz CT molecular complexity index is 1510. The molecule has 180 valence electrons. The molecule has 0 aliphatic heterocycles. The normalized spacial score (nSPS) is 10.9. The highest BCUT2D eigenvalue weighted by atomic mass is 19.1. The van der Waals surface area contributed by atoms with Gasteiger partial charge in [0.25, 0.3) is 0 Å². The number of ether oxygens (including phenoxy) is 2. The molecule has 2 heterocycles. The van der Waals surface area contributed by atoms with Crippen LogP contribution in [0.25, 0.3) is 16.9 Å². The number of benzene rings is 3. The number of carbonyl (C=O) groups excluding carboxylic acids is 1. The van der Waals surface area contributed by atoms with E-state index in [1.807, 2.05) is 48.5 Å². The Morgan fingerprint density at radius 1 is 0.917 bits per heavy atom. The fourth-order valence-corrected chi connectivity index (χ4v) is 3.86. The Labute approximate surface area is 206 Å². The van der Waals surface area contributed by atoms with Crippen molar-refractivity contribution in [1.82, 2.24) is 24.8 Å². The number of aromatic nitrogens is 5. The first kappa shape index (κ1) is 23.0. The molecular formula is C27H22FN5O3. The van der Waals surface area contributed by atoms with Crippen molar-refractivity contribution in [2.45, 2.75) is 6.54 Å². The van der Waals surface area contributed by atoms with E-state index in [9.17, 15) is 9.18 Å². The molecule has 0 aliphatic rings. The topological polar surface area (TPSA) is 84.1 Å². The second kappa shape index (κ2) is 9.83. The molecule has 0 N–H and O–H groups in total. The largest absolute Gasteiger partial charge is 0.493 e. The quantitative estimate of drug-likeness (QED) is 0.301. The van der Waals surface area contributed by atoms with Gasteiger partial charge in [-0.25, -0.2) is 13.8 Å². The number of methoxy groups -OCH3 is 2. The highest BCUT2D eigenvalue weighted by molar-refractivity contribution is 6.11. The maximum absolute atomic E-state index is 13.5.